The van der Waals surface area contributed by atoms with Crippen LogP contribution in [-0.4, -0.2) is 41.4 Å². The number of hydrogen-bond donors (Lipinski definition) is 3. The number of aliphatic hydroxyl groups is 1. The molecule has 0 bridgehead atoms. The minimum Gasteiger partial charge on any atom is -0.481 e. The van der Waals surface area contributed by atoms with E-state index in [1.54, 1.807) is 0 Å². The van der Waals surface area contributed by atoms with Gasteiger partial charge in [-0.25, -0.2) is 4.18 Å². The Hall–Kier alpha value is -0.700. The van der Waals surface area contributed by atoms with Crippen molar-refractivity contribution in [2.24, 2.45) is 46.3 Å². The maximum Gasteiger partial charge on any atom is 0.397 e. The van der Waals surface area contributed by atoms with E-state index in [9.17, 15) is 18.3 Å². The Balaban J connectivity index is 1.52. The third kappa shape index (κ3) is 4.14. The minimum atomic E-state index is -4.43. The molecule has 0 aromatic heterocycles. The summed E-state index contributed by atoms with van der Waals surface area (Å²) in [6, 6.07) is 0. The van der Waals surface area contributed by atoms with Gasteiger partial charge in [0.1, 0.15) is 0 Å². The maximum atomic E-state index is 11.5. The lowest BCUT2D eigenvalue weighted by Crippen LogP contribution is -2.59. The van der Waals surface area contributed by atoms with Crippen LogP contribution in [0.2, 0.25) is 0 Å². The summed E-state index contributed by atoms with van der Waals surface area (Å²) in [5.41, 5.74) is -0.106. The zero-order chi connectivity index (χ0) is 23.5. The van der Waals surface area contributed by atoms with Gasteiger partial charge in [-0.15, -0.1) is 0 Å². The smallest absolute Gasteiger partial charge is 0.397 e. The number of carboxylic acid groups (broad SMARTS) is 1. The largest absolute Gasteiger partial charge is 0.481 e. The van der Waals surface area contributed by atoms with E-state index in [2.05, 4.69) is 20.8 Å². The average Bonchev–Trinajstić information content (AvgIpc) is 3.05. The molecule has 0 saturated heterocycles. The number of carboxylic acids is 1. The van der Waals surface area contributed by atoms with Crippen LogP contribution in [0.25, 0.3) is 0 Å². The maximum absolute atomic E-state index is 11.5. The number of aliphatic hydroxyl groups excluding tert-OH is 1. The molecule has 0 amide bonds. The third-order valence-corrected chi connectivity index (χ3v) is 11.1. The molecule has 4 rings (SSSR count). The van der Waals surface area contributed by atoms with Crippen molar-refractivity contribution < 1.29 is 32.2 Å². The van der Waals surface area contributed by atoms with Crippen LogP contribution >= 0.6 is 0 Å². The van der Waals surface area contributed by atoms with Gasteiger partial charge in [-0.3, -0.25) is 9.35 Å². The zero-order valence-corrected chi connectivity index (χ0v) is 20.4. The predicted octanol–water partition coefficient (Wildman–Crippen LogP) is 4.31. The Bertz CT molecular complexity index is 828. The van der Waals surface area contributed by atoms with Crippen molar-refractivity contribution in [3.63, 3.8) is 0 Å². The molecule has 4 aliphatic carbocycles. The second-order valence-corrected chi connectivity index (χ2v) is 12.8. The highest BCUT2D eigenvalue weighted by Gasteiger charge is 2.63. The van der Waals surface area contributed by atoms with Gasteiger partial charge in [0.05, 0.1) is 12.2 Å². The van der Waals surface area contributed by atoms with E-state index in [0.717, 1.165) is 38.5 Å². The lowest BCUT2D eigenvalue weighted by Gasteiger charge is -2.62. The molecule has 3 N–H and O–H groups in total. The normalized spacial score (nSPS) is 47.2. The Labute approximate surface area is 192 Å². The molecule has 10 atom stereocenters. The lowest BCUT2D eigenvalue weighted by molar-refractivity contribution is -0.174. The van der Waals surface area contributed by atoms with Crippen molar-refractivity contribution in [3.05, 3.63) is 0 Å². The fourth-order valence-corrected chi connectivity index (χ4v) is 9.47. The van der Waals surface area contributed by atoms with Crippen molar-refractivity contribution in [1.82, 2.24) is 0 Å². The van der Waals surface area contributed by atoms with E-state index in [1.165, 1.54) is 0 Å². The van der Waals surface area contributed by atoms with Gasteiger partial charge in [0.2, 0.25) is 0 Å². The first-order chi connectivity index (χ1) is 14.9. The molecule has 4 saturated carbocycles. The van der Waals surface area contributed by atoms with Gasteiger partial charge in [-0.1, -0.05) is 20.8 Å². The van der Waals surface area contributed by atoms with E-state index < -0.39 is 28.6 Å². The molecule has 32 heavy (non-hydrogen) atoms. The zero-order valence-electron chi connectivity index (χ0n) is 19.6. The van der Waals surface area contributed by atoms with E-state index >= 15 is 0 Å². The Kier molecular flexibility index (Phi) is 6.49. The van der Waals surface area contributed by atoms with Crippen LogP contribution in [0.4, 0.5) is 0 Å². The first-order valence-electron chi connectivity index (χ1n) is 12.4. The van der Waals surface area contributed by atoms with Crippen LogP contribution in [-0.2, 0) is 19.4 Å². The van der Waals surface area contributed by atoms with Crippen LogP contribution < -0.4 is 0 Å². The van der Waals surface area contributed by atoms with E-state index in [4.69, 9.17) is 13.8 Å². The molecular weight excluding hydrogens is 432 g/mol. The van der Waals surface area contributed by atoms with E-state index in [-0.39, 0.29) is 23.2 Å². The van der Waals surface area contributed by atoms with Crippen LogP contribution in [0, 0.1) is 46.3 Å². The van der Waals surface area contributed by atoms with Crippen molar-refractivity contribution in [1.29, 1.82) is 0 Å². The molecule has 4 fully saturated rings. The molecule has 0 radical (unpaired) electrons. The highest BCUT2D eigenvalue weighted by molar-refractivity contribution is 7.80. The Morgan fingerprint density at radius 2 is 1.81 bits per heavy atom. The fraction of sp³-hybridized carbons (Fsp3) is 0.958. The molecular formula is C24H40O7S. The van der Waals surface area contributed by atoms with E-state index in [1.807, 2.05) is 0 Å². The van der Waals surface area contributed by atoms with Gasteiger partial charge in [0.15, 0.2) is 0 Å². The summed E-state index contributed by atoms with van der Waals surface area (Å²) in [6.07, 6.45) is 7.18. The summed E-state index contributed by atoms with van der Waals surface area (Å²) >= 11 is 0. The monoisotopic (exact) mass is 472 g/mol. The highest BCUT2D eigenvalue weighted by atomic mass is 32.3. The highest BCUT2D eigenvalue weighted by Crippen LogP contribution is 2.68. The van der Waals surface area contributed by atoms with Crippen LogP contribution in [0.1, 0.15) is 85.0 Å². The van der Waals surface area contributed by atoms with Crippen molar-refractivity contribution in [3.8, 4) is 0 Å². The van der Waals surface area contributed by atoms with Crippen LogP contribution in [0.15, 0.2) is 0 Å². The quantitative estimate of drug-likeness (QED) is 0.493. The van der Waals surface area contributed by atoms with Gasteiger partial charge in [-0.2, -0.15) is 8.42 Å². The molecule has 7 nitrogen and oxygen atoms in total. The fourth-order valence-electron chi connectivity index (χ4n) is 8.96. The topological polar surface area (TPSA) is 121 Å². The minimum absolute atomic E-state index is 0.0529. The molecule has 8 heteroatoms. The summed E-state index contributed by atoms with van der Waals surface area (Å²) in [6.45, 7) is 6.75. The van der Waals surface area contributed by atoms with Crippen molar-refractivity contribution >= 4 is 16.4 Å². The van der Waals surface area contributed by atoms with Gasteiger partial charge in [0.25, 0.3) is 0 Å². The molecule has 0 aliphatic heterocycles. The number of aliphatic carboxylic acids is 1. The summed E-state index contributed by atoms with van der Waals surface area (Å²) in [4.78, 5) is 11.1. The molecule has 184 valence electrons. The van der Waals surface area contributed by atoms with Crippen LogP contribution in [0.5, 0.6) is 0 Å². The first kappa shape index (κ1) is 24.4. The third-order valence-electron chi connectivity index (χ3n) is 10.6. The summed E-state index contributed by atoms with van der Waals surface area (Å²) < 4.78 is 36.5. The second kappa shape index (κ2) is 8.51. The van der Waals surface area contributed by atoms with Gasteiger partial charge < -0.3 is 10.2 Å². The molecule has 4 aliphatic rings. The summed E-state index contributed by atoms with van der Waals surface area (Å²) in [5.74, 6) is 1.65. The SMILES string of the molecule is C[C@H](CCC(=O)O)[C@H]1CC[C@H]2[C@@H]3CC[C@@H]4C[C@@H](OS(=O)(=O)O)CC[C@]4(C)[C@H]3C[C@H](O)[C@]12C. The van der Waals surface area contributed by atoms with E-state index in [0.29, 0.717) is 48.9 Å². The van der Waals surface area contributed by atoms with Crippen molar-refractivity contribution in [2.75, 3.05) is 0 Å². The number of hydrogen-bond acceptors (Lipinski definition) is 5. The van der Waals surface area contributed by atoms with Gasteiger partial charge >= 0.3 is 16.4 Å². The molecule has 0 aromatic carbocycles. The number of rotatable bonds is 6. The molecule has 0 aromatic rings. The van der Waals surface area contributed by atoms with Gasteiger partial charge in [0, 0.05) is 6.42 Å². The number of fused-ring (bicyclic) bond motifs is 5. The summed E-state index contributed by atoms with van der Waals surface area (Å²) in [5, 5.41) is 20.7. The van der Waals surface area contributed by atoms with Crippen molar-refractivity contribution in [2.45, 2.75) is 97.2 Å². The standard InChI is InChI=1S/C24H40O7S/c1-14(4-9-22(26)27)18-7-8-19-17-6-5-15-12-16(31-32(28,29)30)10-11-23(15,2)20(17)13-21(25)24(18,19)3/h14-21,25H,4-13H2,1-3H3,(H,26,27)(H,28,29,30)/t14-,15-,16+,17+,18-,19+,20+,21+,23+,24-/m1/s1. The lowest BCUT2D eigenvalue weighted by atomic mass is 9.43. The molecule has 0 heterocycles. The average molecular weight is 473 g/mol. The Morgan fingerprint density at radius 1 is 1.09 bits per heavy atom. The molecule has 0 spiro atoms. The number of carbonyl (C=O) groups is 1. The first-order valence-corrected chi connectivity index (χ1v) is 13.8. The molecule has 0 unspecified atom stereocenters. The predicted molar refractivity (Wildman–Crippen MR) is 119 cm³/mol. The van der Waals surface area contributed by atoms with Crippen LogP contribution in [0.3, 0.4) is 0 Å². The van der Waals surface area contributed by atoms with Gasteiger partial charge in [-0.05, 0) is 104 Å². The Morgan fingerprint density at radius 3 is 2.47 bits per heavy atom. The second-order valence-electron chi connectivity index (χ2n) is 11.8. The summed E-state index contributed by atoms with van der Waals surface area (Å²) in [7, 11) is -4.43.